The normalized spacial score (nSPS) is 22.7. The van der Waals surface area contributed by atoms with Crippen molar-refractivity contribution in [2.45, 2.75) is 69.2 Å². The minimum absolute atomic E-state index is 0.0782. The van der Waals surface area contributed by atoms with E-state index >= 15 is 4.79 Å². The van der Waals surface area contributed by atoms with E-state index in [0.717, 1.165) is 33.7 Å². The summed E-state index contributed by atoms with van der Waals surface area (Å²) in [6.07, 6.45) is 1.78. The Balaban J connectivity index is 1.17. The third-order valence-corrected chi connectivity index (χ3v) is 17.0. The molecule has 8 rings (SSSR count). The molecule has 57 heavy (non-hydrogen) atoms. The second-order valence-electron chi connectivity index (χ2n) is 16.0. The number of aromatic nitrogens is 1. The SMILES string of the molecule is COc1ccc([Si](C)(C)[C@@H]2[C@@H](CC(=O)N3Cc4ccccc4C[C@H]3CO)O[C@]3(C(=O)N(Cc4cccc(-n5cccc(OC)c5=O)c4)c4ccccc43)[C@H]2C)cc1. The highest BCUT2D eigenvalue weighted by Gasteiger charge is 2.66. The number of pyridine rings is 1. The molecule has 0 bridgehead atoms. The van der Waals surface area contributed by atoms with E-state index in [4.69, 9.17) is 14.2 Å². The minimum atomic E-state index is -2.52. The van der Waals surface area contributed by atoms with E-state index in [9.17, 15) is 14.7 Å². The van der Waals surface area contributed by atoms with Crippen LogP contribution in [-0.2, 0) is 39.4 Å². The van der Waals surface area contributed by atoms with E-state index in [0.29, 0.717) is 18.7 Å². The number of para-hydroxylation sites is 1. The van der Waals surface area contributed by atoms with Crippen LogP contribution in [0.25, 0.3) is 5.69 Å². The van der Waals surface area contributed by atoms with E-state index in [1.807, 2.05) is 78.9 Å². The zero-order valence-corrected chi connectivity index (χ0v) is 34.1. The largest absolute Gasteiger partial charge is 0.497 e. The Hall–Kier alpha value is -5.49. The van der Waals surface area contributed by atoms with E-state index in [-0.39, 0.29) is 60.2 Å². The molecule has 1 saturated heterocycles. The number of aliphatic hydroxyl groups is 1. The van der Waals surface area contributed by atoms with Crippen molar-refractivity contribution < 1.29 is 28.9 Å². The highest BCUT2D eigenvalue weighted by molar-refractivity contribution is 6.91. The first kappa shape index (κ1) is 38.4. The van der Waals surface area contributed by atoms with Gasteiger partial charge in [-0.2, -0.15) is 0 Å². The highest BCUT2D eigenvalue weighted by Crippen LogP contribution is 2.60. The van der Waals surface area contributed by atoms with Crippen molar-refractivity contribution in [2.75, 3.05) is 25.7 Å². The molecule has 4 aromatic carbocycles. The summed E-state index contributed by atoms with van der Waals surface area (Å²) in [5.41, 5.74) is 3.52. The summed E-state index contributed by atoms with van der Waals surface area (Å²) in [7, 11) is 0.603. The average Bonchev–Trinajstić information content (AvgIpc) is 3.66. The van der Waals surface area contributed by atoms with Gasteiger partial charge in [-0.3, -0.25) is 19.0 Å². The van der Waals surface area contributed by atoms with Crippen LogP contribution < -0.4 is 25.1 Å². The predicted molar refractivity (Wildman–Crippen MR) is 222 cm³/mol. The molecule has 4 heterocycles. The molecule has 1 aromatic heterocycles. The van der Waals surface area contributed by atoms with E-state index in [2.05, 4.69) is 38.2 Å². The summed E-state index contributed by atoms with van der Waals surface area (Å²) in [6.45, 7) is 7.25. The van der Waals surface area contributed by atoms with Crippen LogP contribution in [0.3, 0.4) is 0 Å². The van der Waals surface area contributed by atoms with E-state index < -0.39 is 19.8 Å². The van der Waals surface area contributed by atoms with E-state index in [1.54, 1.807) is 35.2 Å². The fourth-order valence-electron chi connectivity index (χ4n) is 9.78. The van der Waals surface area contributed by atoms with Crippen molar-refractivity contribution in [3.05, 3.63) is 148 Å². The lowest BCUT2D eigenvalue weighted by atomic mass is 9.82. The third-order valence-electron chi connectivity index (χ3n) is 12.7. The predicted octanol–water partition coefficient (Wildman–Crippen LogP) is 5.95. The fraction of sp³-hybridized carbons (Fsp3) is 0.326. The van der Waals surface area contributed by atoms with Gasteiger partial charge >= 0.3 is 0 Å². The molecule has 0 unspecified atom stereocenters. The van der Waals surface area contributed by atoms with Crippen LogP contribution in [0.1, 0.15) is 35.6 Å². The van der Waals surface area contributed by atoms with Crippen LogP contribution in [0.2, 0.25) is 18.6 Å². The molecule has 0 saturated carbocycles. The summed E-state index contributed by atoms with van der Waals surface area (Å²) in [5, 5.41) is 11.7. The van der Waals surface area contributed by atoms with Crippen LogP contribution in [0, 0.1) is 5.92 Å². The van der Waals surface area contributed by atoms with Crippen LogP contribution in [-0.4, -0.2) is 67.4 Å². The molecule has 294 valence electrons. The van der Waals surface area contributed by atoms with Crippen molar-refractivity contribution in [3.8, 4) is 17.2 Å². The molecule has 1 fully saturated rings. The van der Waals surface area contributed by atoms with Crippen LogP contribution in [0.15, 0.2) is 120 Å². The fourth-order valence-corrected chi connectivity index (χ4v) is 13.8. The maximum Gasteiger partial charge on any atom is 0.297 e. The van der Waals surface area contributed by atoms with Crippen LogP contribution in [0.5, 0.6) is 11.5 Å². The van der Waals surface area contributed by atoms with Crippen molar-refractivity contribution in [1.29, 1.82) is 0 Å². The van der Waals surface area contributed by atoms with Gasteiger partial charge in [-0.05, 0) is 71.1 Å². The number of aliphatic hydroxyl groups excluding tert-OH is 1. The number of rotatable bonds is 10. The molecule has 5 atom stereocenters. The second-order valence-corrected chi connectivity index (χ2v) is 20.7. The quantitative estimate of drug-likeness (QED) is 0.174. The molecule has 2 amide bonds. The number of carbonyl (C=O) groups is 2. The summed E-state index contributed by atoms with van der Waals surface area (Å²) >= 11 is 0. The Morgan fingerprint density at radius 1 is 0.895 bits per heavy atom. The zero-order valence-electron chi connectivity index (χ0n) is 33.1. The first-order valence-electron chi connectivity index (χ1n) is 19.6. The molecular formula is C46H49N3O7Si. The van der Waals surface area contributed by atoms with Crippen LogP contribution >= 0.6 is 0 Å². The zero-order chi connectivity index (χ0) is 40.1. The van der Waals surface area contributed by atoms with Crippen molar-refractivity contribution in [3.63, 3.8) is 0 Å². The lowest BCUT2D eigenvalue weighted by Gasteiger charge is -2.39. The molecule has 0 radical (unpaired) electrons. The average molecular weight is 784 g/mol. The Morgan fingerprint density at radius 3 is 2.37 bits per heavy atom. The first-order valence-corrected chi connectivity index (χ1v) is 22.7. The Bertz CT molecular complexity index is 2380. The molecule has 11 heteroatoms. The number of ether oxygens (including phenoxy) is 3. The van der Waals surface area contributed by atoms with Gasteiger partial charge < -0.3 is 29.1 Å². The maximum absolute atomic E-state index is 15.4. The van der Waals surface area contributed by atoms with Crippen LogP contribution in [0.4, 0.5) is 5.69 Å². The van der Waals surface area contributed by atoms with Crippen molar-refractivity contribution in [1.82, 2.24) is 9.47 Å². The molecule has 1 spiro atoms. The van der Waals surface area contributed by atoms with Gasteiger partial charge in [0.05, 0.1) is 59.7 Å². The number of hydrogen-bond acceptors (Lipinski definition) is 7. The van der Waals surface area contributed by atoms with Gasteiger partial charge in [0, 0.05) is 29.9 Å². The monoisotopic (exact) mass is 783 g/mol. The van der Waals surface area contributed by atoms with Gasteiger partial charge in [0.2, 0.25) is 5.91 Å². The lowest BCUT2D eigenvalue weighted by Crippen LogP contribution is -2.52. The number of amides is 2. The first-order chi connectivity index (χ1) is 27.5. The van der Waals surface area contributed by atoms with Crippen molar-refractivity contribution >= 4 is 30.8 Å². The molecular weight excluding hydrogens is 735 g/mol. The molecule has 5 aromatic rings. The second kappa shape index (κ2) is 15.1. The van der Waals surface area contributed by atoms with Gasteiger partial charge in [-0.25, -0.2) is 0 Å². The summed E-state index contributed by atoms with van der Waals surface area (Å²) in [5.74, 6) is 0.442. The molecule has 1 N–H and O–H groups in total. The van der Waals surface area contributed by atoms with Gasteiger partial charge in [-0.15, -0.1) is 0 Å². The number of anilines is 1. The Labute approximate surface area is 334 Å². The molecule has 0 aliphatic carbocycles. The van der Waals surface area contributed by atoms with Gasteiger partial charge in [0.1, 0.15) is 5.75 Å². The van der Waals surface area contributed by atoms with Gasteiger partial charge in [0.15, 0.2) is 11.4 Å². The molecule has 10 nitrogen and oxygen atoms in total. The Morgan fingerprint density at radius 2 is 1.63 bits per heavy atom. The minimum Gasteiger partial charge on any atom is -0.497 e. The Kier molecular flexibility index (Phi) is 10.2. The molecule has 3 aliphatic rings. The third kappa shape index (κ3) is 6.47. The number of benzene rings is 4. The standard InChI is InChI=1S/C46H49N3O7Si/c1-30-43(57(4,5)37-21-19-36(54-2)20-22-37)41(26-42(51)48-28-33-14-7-6-13-32(33)25-35(48)29-50)56-46(30)38-16-8-9-17-39(38)49(45(46)53)27-31-12-10-15-34(24-31)47-23-11-18-40(55-3)44(47)52/h6-24,30,35,41,43,50H,25-29H2,1-5H3/t30-,35-,41+,43-,46+/m0/s1. The number of hydrogen-bond donors (Lipinski definition) is 1. The van der Waals surface area contributed by atoms with Crippen molar-refractivity contribution in [2.24, 2.45) is 5.92 Å². The number of nitrogens with zero attached hydrogens (tertiary/aromatic N) is 3. The van der Waals surface area contributed by atoms with Gasteiger partial charge in [-0.1, -0.05) is 91.9 Å². The lowest BCUT2D eigenvalue weighted by molar-refractivity contribution is -0.151. The number of carbonyl (C=O) groups excluding carboxylic acids is 2. The highest BCUT2D eigenvalue weighted by atomic mass is 28.3. The van der Waals surface area contributed by atoms with Gasteiger partial charge in [0.25, 0.3) is 11.5 Å². The van der Waals surface area contributed by atoms with E-state index in [1.165, 1.54) is 16.9 Å². The number of methoxy groups -OCH3 is 2. The summed E-state index contributed by atoms with van der Waals surface area (Å²) in [6, 6.07) is 34.7. The smallest absolute Gasteiger partial charge is 0.297 e. The number of fused-ring (bicyclic) bond motifs is 3. The molecule has 3 aliphatic heterocycles. The maximum atomic E-state index is 15.4. The summed E-state index contributed by atoms with van der Waals surface area (Å²) in [4.78, 5) is 46.7. The topological polar surface area (TPSA) is 111 Å². The summed E-state index contributed by atoms with van der Waals surface area (Å²) < 4.78 is 19.6.